The van der Waals surface area contributed by atoms with Crippen molar-refractivity contribution < 1.29 is 4.79 Å². The van der Waals surface area contributed by atoms with Crippen LogP contribution in [0.25, 0.3) is 10.1 Å². The SMILES string of the molecule is O=C(NC1[C@H]2CC3C[C@H]1CN(C3)C2)c1cc2ccccc2s1. The lowest BCUT2D eigenvalue weighted by atomic mass is 9.65. The zero-order valence-corrected chi connectivity index (χ0v) is 13.3. The van der Waals surface area contributed by atoms with E-state index < -0.39 is 0 Å². The second-order valence-electron chi connectivity index (χ2n) is 7.22. The molecular formula is C18H20N2OS. The third-order valence-electron chi connectivity index (χ3n) is 5.74. The molecule has 114 valence electrons. The molecule has 6 rings (SSSR count). The van der Waals surface area contributed by atoms with E-state index in [2.05, 4.69) is 22.3 Å². The van der Waals surface area contributed by atoms with Crippen molar-refractivity contribution in [3.05, 3.63) is 35.2 Å². The molecule has 1 saturated carbocycles. The number of carbonyl (C=O) groups excluding carboxylic acids is 1. The van der Waals surface area contributed by atoms with E-state index in [1.165, 1.54) is 42.6 Å². The number of benzene rings is 1. The van der Waals surface area contributed by atoms with Crippen LogP contribution in [0.1, 0.15) is 22.5 Å². The third-order valence-corrected chi connectivity index (χ3v) is 6.85. The van der Waals surface area contributed by atoms with E-state index in [0.717, 1.165) is 10.8 Å². The van der Waals surface area contributed by atoms with Crippen molar-refractivity contribution in [2.45, 2.75) is 18.9 Å². The molecule has 2 atom stereocenters. The summed E-state index contributed by atoms with van der Waals surface area (Å²) in [6, 6.07) is 10.7. The maximum absolute atomic E-state index is 12.7. The number of amides is 1. The number of thiophene rings is 1. The highest BCUT2D eigenvalue weighted by Crippen LogP contribution is 2.43. The highest BCUT2D eigenvalue weighted by atomic mass is 32.1. The maximum atomic E-state index is 12.7. The van der Waals surface area contributed by atoms with Gasteiger partial charge in [-0.25, -0.2) is 0 Å². The van der Waals surface area contributed by atoms with Gasteiger partial charge in [-0.1, -0.05) is 18.2 Å². The molecule has 4 aliphatic rings. The molecule has 22 heavy (non-hydrogen) atoms. The molecule has 1 N–H and O–H groups in total. The van der Waals surface area contributed by atoms with E-state index in [-0.39, 0.29) is 5.91 Å². The Morgan fingerprint density at radius 3 is 2.64 bits per heavy atom. The van der Waals surface area contributed by atoms with Crippen molar-refractivity contribution in [2.24, 2.45) is 17.8 Å². The van der Waals surface area contributed by atoms with Crippen LogP contribution in [-0.2, 0) is 0 Å². The molecule has 4 fully saturated rings. The first kappa shape index (κ1) is 13.1. The van der Waals surface area contributed by atoms with Gasteiger partial charge in [-0.05, 0) is 48.1 Å². The standard InChI is InChI=1S/C18H20N2OS/c21-18(16-7-12-3-1-2-4-15(12)22-16)19-17-13-5-11-6-14(17)10-20(8-11)9-13/h1-4,7,11,13-14,17H,5-6,8-10H2,(H,19,21)/t11?,13-,14-,17?/m0/s1. The van der Waals surface area contributed by atoms with Crippen LogP contribution in [0.2, 0.25) is 0 Å². The largest absolute Gasteiger partial charge is 0.348 e. The minimum atomic E-state index is 0.133. The first-order valence-corrected chi connectivity index (χ1v) is 9.10. The number of rotatable bonds is 2. The summed E-state index contributed by atoms with van der Waals surface area (Å²) >= 11 is 1.61. The fourth-order valence-corrected chi connectivity index (χ4v) is 5.93. The summed E-state index contributed by atoms with van der Waals surface area (Å²) in [7, 11) is 0. The van der Waals surface area contributed by atoms with E-state index >= 15 is 0 Å². The Labute approximate surface area is 134 Å². The predicted octanol–water partition coefficient (Wildman–Crippen LogP) is 2.97. The first-order valence-electron chi connectivity index (χ1n) is 8.28. The number of nitrogens with zero attached hydrogens (tertiary/aromatic N) is 1. The van der Waals surface area contributed by atoms with Crippen molar-refractivity contribution in [2.75, 3.05) is 19.6 Å². The van der Waals surface area contributed by atoms with Crippen LogP contribution in [-0.4, -0.2) is 36.5 Å². The van der Waals surface area contributed by atoms with Gasteiger partial charge in [0, 0.05) is 30.4 Å². The average molecular weight is 312 g/mol. The number of hydrogen-bond acceptors (Lipinski definition) is 3. The number of hydrogen-bond donors (Lipinski definition) is 1. The van der Waals surface area contributed by atoms with Crippen LogP contribution in [0.4, 0.5) is 0 Å². The van der Waals surface area contributed by atoms with Gasteiger partial charge in [-0.3, -0.25) is 4.79 Å². The molecule has 4 bridgehead atoms. The van der Waals surface area contributed by atoms with Gasteiger partial charge in [0.05, 0.1) is 4.88 Å². The van der Waals surface area contributed by atoms with Crippen molar-refractivity contribution in [1.29, 1.82) is 0 Å². The van der Waals surface area contributed by atoms with Crippen LogP contribution in [0.3, 0.4) is 0 Å². The lowest BCUT2D eigenvalue weighted by Gasteiger charge is -2.55. The van der Waals surface area contributed by atoms with Gasteiger partial charge in [0.25, 0.3) is 5.91 Å². The smallest absolute Gasteiger partial charge is 0.261 e. The van der Waals surface area contributed by atoms with Crippen LogP contribution in [0.15, 0.2) is 30.3 Å². The highest BCUT2D eigenvalue weighted by molar-refractivity contribution is 7.20. The van der Waals surface area contributed by atoms with Crippen LogP contribution in [0.5, 0.6) is 0 Å². The summed E-state index contributed by atoms with van der Waals surface area (Å²) in [6.07, 6.45) is 2.62. The van der Waals surface area contributed by atoms with E-state index in [1.54, 1.807) is 11.3 Å². The Kier molecular flexibility index (Phi) is 2.86. The minimum Gasteiger partial charge on any atom is -0.348 e. The molecule has 0 spiro atoms. The number of piperidine rings is 3. The van der Waals surface area contributed by atoms with Gasteiger partial charge in [-0.2, -0.15) is 0 Å². The fourth-order valence-electron chi connectivity index (χ4n) is 4.96. The Bertz CT molecular complexity index is 677. The molecule has 3 nitrogen and oxygen atoms in total. The molecule has 0 radical (unpaired) electrons. The Hall–Kier alpha value is -1.39. The quantitative estimate of drug-likeness (QED) is 0.924. The van der Waals surface area contributed by atoms with E-state index in [4.69, 9.17) is 0 Å². The Balaban J connectivity index is 1.38. The van der Waals surface area contributed by atoms with Gasteiger partial charge in [-0.15, -0.1) is 11.3 Å². The van der Waals surface area contributed by atoms with Gasteiger partial charge < -0.3 is 10.2 Å². The summed E-state index contributed by atoms with van der Waals surface area (Å²) in [6.45, 7) is 3.67. The highest BCUT2D eigenvalue weighted by Gasteiger charge is 2.47. The van der Waals surface area contributed by atoms with Crippen molar-refractivity contribution in [3.63, 3.8) is 0 Å². The summed E-state index contributed by atoms with van der Waals surface area (Å²) < 4.78 is 1.20. The van der Waals surface area contributed by atoms with E-state index in [9.17, 15) is 4.79 Å². The topological polar surface area (TPSA) is 32.3 Å². The monoisotopic (exact) mass is 312 g/mol. The van der Waals surface area contributed by atoms with E-state index in [1.807, 2.05) is 18.2 Å². The van der Waals surface area contributed by atoms with Gasteiger partial charge in [0.2, 0.25) is 0 Å². The molecule has 1 aromatic heterocycles. The summed E-state index contributed by atoms with van der Waals surface area (Å²) in [5.74, 6) is 2.36. The van der Waals surface area contributed by atoms with Crippen LogP contribution < -0.4 is 5.32 Å². The van der Waals surface area contributed by atoms with Gasteiger partial charge in [0.15, 0.2) is 0 Å². The molecular weight excluding hydrogens is 292 g/mol. The molecule has 1 amide bonds. The Morgan fingerprint density at radius 1 is 1.14 bits per heavy atom. The summed E-state index contributed by atoms with van der Waals surface area (Å²) in [5.41, 5.74) is 0. The molecule has 4 heteroatoms. The molecule has 1 aliphatic carbocycles. The molecule has 2 aromatic rings. The van der Waals surface area contributed by atoms with Crippen LogP contribution in [0, 0.1) is 17.8 Å². The molecule has 1 aromatic carbocycles. The van der Waals surface area contributed by atoms with Gasteiger partial charge >= 0.3 is 0 Å². The average Bonchev–Trinajstić information content (AvgIpc) is 2.94. The van der Waals surface area contributed by atoms with Gasteiger partial charge in [0.1, 0.15) is 0 Å². The van der Waals surface area contributed by atoms with E-state index in [0.29, 0.717) is 17.9 Å². The molecule has 4 heterocycles. The maximum Gasteiger partial charge on any atom is 0.261 e. The second-order valence-corrected chi connectivity index (χ2v) is 8.31. The molecule has 0 unspecified atom stereocenters. The summed E-state index contributed by atoms with van der Waals surface area (Å²) in [5, 5.41) is 4.56. The number of carbonyl (C=O) groups is 1. The Morgan fingerprint density at radius 2 is 1.91 bits per heavy atom. The lowest BCUT2D eigenvalue weighted by molar-refractivity contribution is -0.0418. The van der Waals surface area contributed by atoms with Crippen LogP contribution >= 0.6 is 11.3 Å². The van der Waals surface area contributed by atoms with Crippen molar-refractivity contribution in [1.82, 2.24) is 10.2 Å². The number of nitrogens with one attached hydrogen (secondary N) is 1. The fraction of sp³-hybridized carbons (Fsp3) is 0.500. The third kappa shape index (κ3) is 2.01. The zero-order valence-electron chi connectivity index (χ0n) is 12.5. The first-order chi connectivity index (χ1) is 10.8. The lowest BCUT2D eigenvalue weighted by Crippen LogP contribution is -2.64. The van der Waals surface area contributed by atoms with Crippen molar-refractivity contribution in [3.8, 4) is 0 Å². The zero-order chi connectivity index (χ0) is 14.7. The van der Waals surface area contributed by atoms with Crippen molar-refractivity contribution >= 4 is 27.3 Å². The summed E-state index contributed by atoms with van der Waals surface area (Å²) in [4.78, 5) is 16.2. The predicted molar refractivity (Wildman–Crippen MR) is 89.2 cm³/mol. The number of fused-ring (bicyclic) bond motifs is 1. The second kappa shape index (κ2) is 4.80. The molecule has 3 saturated heterocycles. The minimum absolute atomic E-state index is 0.133. The normalized spacial score (nSPS) is 35.9. The molecule has 3 aliphatic heterocycles.